The van der Waals surface area contributed by atoms with Gasteiger partial charge in [0.25, 0.3) is 5.91 Å². The van der Waals surface area contributed by atoms with Gasteiger partial charge in [0.1, 0.15) is 0 Å². The normalized spacial score (nSPS) is 26.5. The van der Waals surface area contributed by atoms with Gasteiger partial charge in [-0.05, 0) is 50.7 Å². The van der Waals surface area contributed by atoms with Crippen molar-refractivity contribution >= 4 is 11.8 Å². The lowest BCUT2D eigenvalue weighted by atomic mass is 9.60. The molecule has 6 nitrogen and oxygen atoms in total. The van der Waals surface area contributed by atoms with Crippen molar-refractivity contribution in [2.45, 2.75) is 47.0 Å². The summed E-state index contributed by atoms with van der Waals surface area (Å²) in [6, 6.07) is 1.92. The minimum absolute atomic E-state index is 0.00940. The highest BCUT2D eigenvalue weighted by Crippen LogP contribution is 2.57. The molecule has 3 fully saturated rings. The topological polar surface area (TPSA) is 56.8 Å². The van der Waals surface area contributed by atoms with E-state index in [1.165, 1.54) is 0 Å². The Hall–Kier alpha value is -1.95. The number of aromatic nitrogens is 1. The fourth-order valence-electron chi connectivity index (χ4n) is 6.24. The third kappa shape index (κ3) is 3.43. The molecule has 0 radical (unpaired) electrons. The maximum absolute atomic E-state index is 13.6. The van der Waals surface area contributed by atoms with Crippen LogP contribution in [-0.4, -0.2) is 77.3 Å². The van der Waals surface area contributed by atoms with Gasteiger partial charge < -0.3 is 14.7 Å². The highest BCUT2D eigenvalue weighted by atomic mass is 16.2. The van der Waals surface area contributed by atoms with E-state index in [0.29, 0.717) is 17.4 Å². The smallest absolute Gasteiger partial charge is 0.255 e. The van der Waals surface area contributed by atoms with Crippen LogP contribution in [-0.2, 0) is 4.79 Å². The number of likely N-dealkylation sites (tertiary alicyclic amines) is 3. The molecular weight excluding hydrogens is 376 g/mol. The third-order valence-corrected chi connectivity index (χ3v) is 7.67. The number of hydrogen-bond donors (Lipinski definition) is 0. The number of fused-ring (bicyclic) bond motifs is 1. The molecule has 6 heteroatoms. The van der Waals surface area contributed by atoms with Crippen LogP contribution in [0.3, 0.4) is 0 Å². The Morgan fingerprint density at radius 2 is 1.87 bits per heavy atom. The SMILES string of the molecule is CCN1CCC2(CN(CC(C)C)CC23CCN(C(=O)c2cncc(C)c2)CC3)C1=O. The molecule has 2 amide bonds. The van der Waals surface area contributed by atoms with E-state index >= 15 is 0 Å². The van der Waals surface area contributed by atoms with Gasteiger partial charge in [0.05, 0.1) is 11.0 Å². The summed E-state index contributed by atoms with van der Waals surface area (Å²) in [5, 5.41) is 0. The Morgan fingerprint density at radius 3 is 2.47 bits per heavy atom. The largest absolute Gasteiger partial charge is 0.342 e. The predicted molar refractivity (Wildman–Crippen MR) is 117 cm³/mol. The van der Waals surface area contributed by atoms with Gasteiger partial charge in [-0.25, -0.2) is 0 Å². The molecule has 1 unspecified atom stereocenters. The molecule has 2 spiro atoms. The van der Waals surface area contributed by atoms with Crippen LogP contribution in [0.4, 0.5) is 0 Å². The number of aryl methyl sites for hydroxylation is 1. The van der Waals surface area contributed by atoms with Crippen LogP contribution < -0.4 is 0 Å². The van der Waals surface area contributed by atoms with Crippen LogP contribution in [0, 0.1) is 23.7 Å². The molecule has 30 heavy (non-hydrogen) atoms. The van der Waals surface area contributed by atoms with Crippen molar-refractivity contribution < 1.29 is 9.59 Å². The van der Waals surface area contributed by atoms with Gasteiger partial charge in [-0.3, -0.25) is 14.6 Å². The lowest BCUT2D eigenvalue weighted by Gasteiger charge is -2.47. The lowest BCUT2D eigenvalue weighted by molar-refractivity contribution is -0.141. The highest BCUT2D eigenvalue weighted by Gasteiger charge is 2.64. The zero-order valence-corrected chi connectivity index (χ0v) is 19.0. The Balaban J connectivity index is 1.55. The number of rotatable bonds is 4. The van der Waals surface area contributed by atoms with Crippen LogP contribution in [0.1, 0.15) is 56.0 Å². The van der Waals surface area contributed by atoms with Gasteiger partial charge in [-0.15, -0.1) is 0 Å². The number of amides is 2. The molecule has 0 saturated carbocycles. The number of pyridine rings is 1. The van der Waals surface area contributed by atoms with E-state index in [4.69, 9.17) is 0 Å². The zero-order chi connectivity index (χ0) is 21.5. The van der Waals surface area contributed by atoms with Crippen LogP contribution >= 0.6 is 0 Å². The van der Waals surface area contributed by atoms with Gasteiger partial charge in [0.15, 0.2) is 0 Å². The second-order valence-corrected chi connectivity index (χ2v) is 10.1. The average Bonchev–Trinajstić information content (AvgIpc) is 3.19. The van der Waals surface area contributed by atoms with Crippen molar-refractivity contribution in [3.8, 4) is 0 Å². The minimum Gasteiger partial charge on any atom is -0.342 e. The Labute approximate surface area is 180 Å². The zero-order valence-electron chi connectivity index (χ0n) is 19.0. The maximum atomic E-state index is 13.6. The van der Waals surface area contributed by atoms with Crippen molar-refractivity contribution in [3.63, 3.8) is 0 Å². The fraction of sp³-hybridized carbons (Fsp3) is 0.708. The molecule has 0 aliphatic carbocycles. The number of carbonyl (C=O) groups is 2. The maximum Gasteiger partial charge on any atom is 0.255 e. The molecule has 0 bridgehead atoms. The molecular formula is C24H36N4O2. The van der Waals surface area contributed by atoms with Crippen molar-refractivity contribution in [1.29, 1.82) is 0 Å². The van der Waals surface area contributed by atoms with Gasteiger partial charge in [-0.2, -0.15) is 0 Å². The first kappa shape index (κ1) is 21.3. The first-order valence-electron chi connectivity index (χ1n) is 11.5. The van der Waals surface area contributed by atoms with E-state index < -0.39 is 0 Å². The Kier molecular flexibility index (Phi) is 5.64. The minimum atomic E-state index is -0.266. The lowest BCUT2D eigenvalue weighted by Crippen LogP contribution is -2.53. The van der Waals surface area contributed by atoms with Crippen LogP contribution in [0.2, 0.25) is 0 Å². The van der Waals surface area contributed by atoms with E-state index in [2.05, 4.69) is 35.6 Å². The fourth-order valence-corrected chi connectivity index (χ4v) is 6.24. The molecule has 3 saturated heterocycles. The predicted octanol–water partition coefficient (Wildman–Crippen LogP) is 2.82. The number of nitrogens with zero attached hydrogens (tertiary/aromatic N) is 4. The second-order valence-electron chi connectivity index (χ2n) is 10.1. The van der Waals surface area contributed by atoms with E-state index in [1.54, 1.807) is 12.4 Å². The molecule has 1 atom stereocenters. The summed E-state index contributed by atoms with van der Waals surface area (Å²) in [4.78, 5) is 37.3. The Morgan fingerprint density at radius 1 is 1.13 bits per heavy atom. The molecule has 4 rings (SSSR count). The molecule has 1 aromatic heterocycles. The van der Waals surface area contributed by atoms with E-state index in [-0.39, 0.29) is 16.7 Å². The average molecular weight is 413 g/mol. The summed E-state index contributed by atoms with van der Waals surface area (Å²) in [5.41, 5.74) is 1.40. The summed E-state index contributed by atoms with van der Waals surface area (Å²) in [5.74, 6) is 1.02. The molecule has 164 valence electrons. The summed E-state index contributed by atoms with van der Waals surface area (Å²) in [6.45, 7) is 14.6. The van der Waals surface area contributed by atoms with Gasteiger partial charge in [-0.1, -0.05) is 13.8 Å². The molecule has 0 aromatic carbocycles. The third-order valence-electron chi connectivity index (χ3n) is 7.67. The van der Waals surface area contributed by atoms with E-state index in [1.807, 2.05) is 17.9 Å². The van der Waals surface area contributed by atoms with E-state index in [0.717, 1.165) is 70.6 Å². The first-order chi connectivity index (χ1) is 14.3. The second kappa shape index (κ2) is 7.95. The Bertz CT molecular complexity index is 815. The van der Waals surface area contributed by atoms with Crippen LogP contribution in [0.15, 0.2) is 18.5 Å². The van der Waals surface area contributed by atoms with Crippen molar-refractivity contribution in [2.75, 3.05) is 45.8 Å². The van der Waals surface area contributed by atoms with Crippen LogP contribution in [0.5, 0.6) is 0 Å². The van der Waals surface area contributed by atoms with Gasteiger partial charge in [0, 0.05) is 63.6 Å². The van der Waals surface area contributed by atoms with E-state index in [9.17, 15) is 9.59 Å². The summed E-state index contributed by atoms with van der Waals surface area (Å²) < 4.78 is 0. The standard InChI is InChI=1S/C24H36N4O2/c1-5-27-11-8-24(22(27)30)17-26(15-18(2)3)16-23(24)6-9-28(10-7-23)21(29)20-12-19(4)13-25-14-20/h12-14,18H,5-11,15-17H2,1-4H3. The van der Waals surface area contributed by atoms with Crippen LogP contribution in [0.25, 0.3) is 0 Å². The molecule has 3 aliphatic heterocycles. The van der Waals surface area contributed by atoms with Gasteiger partial charge in [0.2, 0.25) is 5.91 Å². The molecule has 3 aliphatic rings. The van der Waals surface area contributed by atoms with Crippen molar-refractivity contribution in [1.82, 2.24) is 19.7 Å². The van der Waals surface area contributed by atoms with Crippen molar-refractivity contribution in [2.24, 2.45) is 16.7 Å². The highest BCUT2D eigenvalue weighted by molar-refractivity contribution is 5.94. The quantitative estimate of drug-likeness (QED) is 0.763. The summed E-state index contributed by atoms with van der Waals surface area (Å²) in [7, 11) is 0. The summed E-state index contributed by atoms with van der Waals surface area (Å²) >= 11 is 0. The molecule has 0 N–H and O–H groups in total. The number of hydrogen-bond acceptors (Lipinski definition) is 4. The number of carbonyl (C=O) groups excluding carboxylic acids is 2. The summed E-state index contributed by atoms with van der Waals surface area (Å²) in [6.07, 6.45) is 6.23. The van der Waals surface area contributed by atoms with Crippen molar-refractivity contribution in [3.05, 3.63) is 29.6 Å². The molecule has 4 heterocycles. The van der Waals surface area contributed by atoms with Gasteiger partial charge >= 0.3 is 0 Å². The number of piperidine rings is 1. The first-order valence-corrected chi connectivity index (χ1v) is 11.5. The molecule has 1 aromatic rings. The monoisotopic (exact) mass is 412 g/mol.